The van der Waals surface area contributed by atoms with E-state index in [2.05, 4.69) is 4.40 Å². The highest BCUT2D eigenvalue weighted by Crippen LogP contribution is 2.38. The van der Waals surface area contributed by atoms with Crippen LogP contribution in [0.3, 0.4) is 0 Å². The Morgan fingerprint density at radius 3 is 2.84 bits per heavy atom. The van der Waals surface area contributed by atoms with E-state index in [0.29, 0.717) is 25.2 Å². The molecule has 1 aromatic rings. The summed E-state index contributed by atoms with van der Waals surface area (Å²) < 4.78 is 41.1. The zero-order valence-electron chi connectivity index (χ0n) is 9.54. The number of nitro groups is 1. The van der Waals surface area contributed by atoms with Gasteiger partial charge >= 0.3 is 5.69 Å². The van der Waals surface area contributed by atoms with Crippen LogP contribution >= 0.6 is 0 Å². The molecular formula is C10H8FN3O4S. The van der Waals surface area contributed by atoms with E-state index in [4.69, 9.17) is 0 Å². The lowest BCUT2D eigenvalue weighted by molar-refractivity contribution is -0.387. The summed E-state index contributed by atoms with van der Waals surface area (Å²) >= 11 is 0. The molecule has 0 aromatic heterocycles. The molecule has 0 atom stereocenters. The summed E-state index contributed by atoms with van der Waals surface area (Å²) in [6, 6.07) is 1.63. The molecule has 2 heterocycles. The molecule has 1 saturated heterocycles. The fourth-order valence-electron chi connectivity index (χ4n) is 2.29. The lowest BCUT2D eigenvalue weighted by Gasteiger charge is -2.25. The average molecular weight is 285 g/mol. The van der Waals surface area contributed by atoms with Gasteiger partial charge in [-0.3, -0.25) is 10.1 Å². The van der Waals surface area contributed by atoms with Crippen LogP contribution in [0.2, 0.25) is 0 Å². The van der Waals surface area contributed by atoms with Crippen molar-refractivity contribution in [3.8, 4) is 0 Å². The maximum Gasteiger partial charge on any atom is 0.306 e. The Bertz CT molecular complexity index is 729. The first kappa shape index (κ1) is 12.0. The van der Waals surface area contributed by atoms with E-state index in [1.807, 2.05) is 0 Å². The smallest absolute Gasteiger partial charge is 0.306 e. The molecule has 1 aromatic carbocycles. The second-order valence-electron chi connectivity index (χ2n) is 4.27. The number of amidine groups is 1. The quantitative estimate of drug-likeness (QED) is 0.575. The highest BCUT2D eigenvalue weighted by atomic mass is 32.2. The van der Waals surface area contributed by atoms with Gasteiger partial charge in [0.1, 0.15) is 10.7 Å². The SMILES string of the molecule is O=[N+]([O-])c1cc2c(cc1F)N1CCCC1=NS2(=O)=O. The van der Waals surface area contributed by atoms with Crippen molar-refractivity contribution < 1.29 is 17.7 Å². The molecule has 0 unspecified atom stereocenters. The molecule has 0 aliphatic carbocycles. The van der Waals surface area contributed by atoms with Crippen LogP contribution in [0.15, 0.2) is 21.4 Å². The van der Waals surface area contributed by atoms with Gasteiger partial charge in [0.15, 0.2) is 0 Å². The van der Waals surface area contributed by atoms with Crippen LogP contribution < -0.4 is 4.90 Å². The zero-order chi connectivity index (χ0) is 13.8. The number of nitrogens with zero attached hydrogens (tertiary/aromatic N) is 3. The van der Waals surface area contributed by atoms with Gasteiger partial charge in [-0.05, 0) is 6.42 Å². The molecule has 0 amide bonds. The minimum absolute atomic E-state index is 0.130. The van der Waals surface area contributed by atoms with Gasteiger partial charge in [-0.1, -0.05) is 0 Å². The van der Waals surface area contributed by atoms with Crippen LogP contribution in [0.25, 0.3) is 0 Å². The van der Waals surface area contributed by atoms with E-state index >= 15 is 0 Å². The van der Waals surface area contributed by atoms with Crippen molar-refractivity contribution in [2.45, 2.75) is 17.7 Å². The van der Waals surface area contributed by atoms with Gasteiger partial charge in [0.25, 0.3) is 10.0 Å². The third kappa shape index (κ3) is 1.69. The molecule has 0 bridgehead atoms. The standard InChI is InChI=1S/C10H8FN3O4S/c11-6-4-8-9(5-7(6)14(15)16)19(17,18)12-10-2-1-3-13(8)10/h4-5H,1-3H2. The molecule has 2 aliphatic rings. The van der Waals surface area contributed by atoms with Gasteiger partial charge in [0, 0.05) is 25.1 Å². The first-order chi connectivity index (χ1) is 8.90. The minimum Gasteiger partial charge on any atom is -0.328 e. The summed E-state index contributed by atoms with van der Waals surface area (Å²) in [6.45, 7) is 0.526. The van der Waals surface area contributed by atoms with Crippen LogP contribution in [-0.2, 0) is 10.0 Å². The number of rotatable bonds is 1. The van der Waals surface area contributed by atoms with E-state index in [-0.39, 0.29) is 10.6 Å². The number of hydrogen-bond donors (Lipinski definition) is 0. The molecular weight excluding hydrogens is 277 g/mol. The summed E-state index contributed by atoms with van der Waals surface area (Å²) in [4.78, 5) is 11.0. The van der Waals surface area contributed by atoms with Crippen LogP contribution in [0.4, 0.5) is 15.8 Å². The summed E-state index contributed by atoms with van der Waals surface area (Å²) in [6.07, 6.45) is 1.21. The first-order valence-electron chi connectivity index (χ1n) is 5.49. The highest BCUT2D eigenvalue weighted by Gasteiger charge is 2.36. The summed E-state index contributed by atoms with van der Waals surface area (Å²) in [5, 5.41) is 10.7. The van der Waals surface area contributed by atoms with E-state index in [0.717, 1.165) is 12.1 Å². The number of halogens is 1. The molecule has 3 rings (SSSR count). The zero-order valence-corrected chi connectivity index (χ0v) is 10.4. The first-order valence-corrected chi connectivity index (χ1v) is 6.93. The molecule has 7 nitrogen and oxygen atoms in total. The Labute approximate surface area is 107 Å². The Hall–Kier alpha value is -2.03. The number of hydrogen-bond acceptors (Lipinski definition) is 5. The van der Waals surface area contributed by atoms with Gasteiger partial charge in [0.2, 0.25) is 5.82 Å². The van der Waals surface area contributed by atoms with Crippen LogP contribution in [0.5, 0.6) is 0 Å². The second-order valence-corrected chi connectivity index (χ2v) is 5.84. The Kier molecular flexibility index (Phi) is 2.36. The molecule has 0 N–H and O–H groups in total. The summed E-state index contributed by atoms with van der Waals surface area (Å²) in [5.41, 5.74) is -0.731. The van der Waals surface area contributed by atoms with Crippen LogP contribution in [-0.4, -0.2) is 25.7 Å². The van der Waals surface area contributed by atoms with Gasteiger partial charge in [-0.15, -0.1) is 4.40 Å². The van der Waals surface area contributed by atoms with Gasteiger partial charge in [-0.2, -0.15) is 12.8 Å². The van der Waals surface area contributed by atoms with E-state index < -0.39 is 26.5 Å². The molecule has 0 spiro atoms. The highest BCUT2D eigenvalue weighted by molar-refractivity contribution is 7.90. The topological polar surface area (TPSA) is 92.9 Å². The maximum atomic E-state index is 13.6. The van der Waals surface area contributed by atoms with Crippen molar-refractivity contribution in [1.82, 2.24) is 0 Å². The third-order valence-electron chi connectivity index (χ3n) is 3.11. The van der Waals surface area contributed by atoms with E-state index in [1.54, 1.807) is 4.90 Å². The van der Waals surface area contributed by atoms with E-state index in [1.165, 1.54) is 0 Å². The lowest BCUT2D eigenvalue weighted by atomic mass is 10.2. The molecule has 100 valence electrons. The molecule has 9 heteroatoms. The normalized spacial score (nSPS) is 19.6. The molecule has 19 heavy (non-hydrogen) atoms. The van der Waals surface area contributed by atoms with Crippen LogP contribution in [0, 0.1) is 15.9 Å². The monoisotopic (exact) mass is 285 g/mol. The summed E-state index contributed by atoms with van der Waals surface area (Å²) in [5.74, 6) is -0.687. The summed E-state index contributed by atoms with van der Waals surface area (Å²) in [7, 11) is -3.99. The lowest BCUT2D eigenvalue weighted by Crippen LogP contribution is -2.30. The molecule has 1 fully saturated rings. The minimum atomic E-state index is -3.99. The average Bonchev–Trinajstić information content (AvgIpc) is 2.74. The van der Waals surface area contributed by atoms with Crippen molar-refractivity contribution in [3.63, 3.8) is 0 Å². The molecule has 0 saturated carbocycles. The largest absolute Gasteiger partial charge is 0.328 e. The molecule has 2 aliphatic heterocycles. The van der Waals surface area contributed by atoms with Crippen molar-refractivity contribution >= 4 is 27.2 Å². The Morgan fingerprint density at radius 1 is 1.42 bits per heavy atom. The number of anilines is 1. The predicted molar refractivity (Wildman–Crippen MR) is 64.3 cm³/mol. The Morgan fingerprint density at radius 2 is 2.16 bits per heavy atom. The van der Waals surface area contributed by atoms with Gasteiger partial charge in [-0.25, -0.2) is 0 Å². The number of sulfonamides is 1. The number of fused-ring (bicyclic) bond motifs is 3. The fraction of sp³-hybridized carbons (Fsp3) is 0.300. The van der Waals surface area contributed by atoms with Crippen molar-refractivity contribution in [3.05, 3.63) is 28.1 Å². The fourth-order valence-corrected chi connectivity index (χ4v) is 3.55. The number of nitro benzene ring substituents is 1. The molecule has 0 radical (unpaired) electrons. The van der Waals surface area contributed by atoms with Crippen molar-refractivity contribution in [2.75, 3.05) is 11.4 Å². The van der Waals surface area contributed by atoms with E-state index in [9.17, 15) is 22.9 Å². The van der Waals surface area contributed by atoms with Gasteiger partial charge < -0.3 is 4.90 Å². The second kappa shape index (κ2) is 3.73. The van der Waals surface area contributed by atoms with Crippen LogP contribution in [0.1, 0.15) is 12.8 Å². The maximum absolute atomic E-state index is 13.6. The predicted octanol–water partition coefficient (Wildman–Crippen LogP) is 1.43. The van der Waals surface area contributed by atoms with Gasteiger partial charge in [0.05, 0.1) is 10.6 Å². The third-order valence-corrected chi connectivity index (χ3v) is 4.45. The Balaban J connectivity index is 2.31. The van der Waals surface area contributed by atoms with Crippen molar-refractivity contribution in [2.24, 2.45) is 4.40 Å². The van der Waals surface area contributed by atoms with Crippen molar-refractivity contribution in [1.29, 1.82) is 0 Å². The number of benzene rings is 1.